The summed E-state index contributed by atoms with van der Waals surface area (Å²) in [6, 6.07) is 11.5. The summed E-state index contributed by atoms with van der Waals surface area (Å²) in [5.74, 6) is 0.114. The highest BCUT2D eigenvalue weighted by molar-refractivity contribution is 7.89. The molecule has 0 fully saturated rings. The number of benzene rings is 2. The molecule has 0 saturated heterocycles. The van der Waals surface area contributed by atoms with E-state index in [9.17, 15) is 12.8 Å². The first kappa shape index (κ1) is 22.7. The van der Waals surface area contributed by atoms with Crippen molar-refractivity contribution in [2.45, 2.75) is 4.90 Å². The molecule has 32 heavy (non-hydrogen) atoms. The highest BCUT2D eigenvalue weighted by atomic mass is 35.5. The zero-order valence-corrected chi connectivity index (χ0v) is 19.1. The van der Waals surface area contributed by atoms with Crippen LogP contribution in [-0.2, 0) is 10.0 Å². The largest absolute Gasteiger partial charge is 0.475 e. The first-order valence-corrected chi connectivity index (χ1v) is 11.6. The highest BCUT2D eigenvalue weighted by Crippen LogP contribution is 2.31. The summed E-state index contributed by atoms with van der Waals surface area (Å²) in [6.07, 6.45) is 0. The van der Waals surface area contributed by atoms with E-state index in [0.717, 1.165) is 0 Å². The summed E-state index contributed by atoms with van der Waals surface area (Å²) < 4.78 is 47.8. The molecule has 2 heterocycles. The number of nitrogens with zero attached hydrogens (tertiary/aromatic N) is 4. The average Bonchev–Trinajstić information content (AvgIpc) is 3.17. The summed E-state index contributed by atoms with van der Waals surface area (Å²) >= 11 is 17.7. The molecule has 0 spiro atoms. The number of hydrogen-bond acceptors (Lipinski definition) is 6. The van der Waals surface area contributed by atoms with Crippen LogP contribution in [0.2, 0.25) is 15.1 Å². The Balaban J connectivity index is 1.45. The molecule has 166 valence electrons. The van der Waals surface area contributed by atoms with Crippen LogP contribution in [-0.4, -0.2) is 41.4 Å². The van der Waals surface area contributed by atoms with E-state index in [1.807, 2.05) is 0 Å². The Morgan fingerprint density at radius 1 is 1.00 bits per heavy atom. The normalized spacial score (nSPS) is 11.8. The lowest BCUT2D eigenvalue weighted by atomic mass is 10.2. The number of nitrogens with one attached hydrogen (secondary N) is 1. The zero-order chi connectivity index (χ0) is 22.9. The van der Waals surface area contributed by atoms with Crippen molar-refractivity contribution in [1.29, 1.82) is 0 Å². The van der Waals surface area contributed by atoms with Crippen molar-refractivity contribution < 1.29 is 17.5 Å². The second-order valence-electron chi connectivity index (χ2n) is 6.42. The predicted molar refractivity (Wildman–Crippen MR) is 118 cm³/mol. The smallest absolute Gasteiger partial charge is 0.242 e. The minimum atomic E-state index is -3.94. The van der Waals surface area contributed by atoms with E-state index >= 15 is 0 Å². The van der Waals surface area contributed by atoms with Crippen LogP contribution in [0.5, 0.6) is 5.88 Å². The molecule has 4 aromatic rings. The number of halogens is 4. The van der Waals surface area contributed by atoms with E-state index in [-0.39, 0.29) is 39.0 Å². The first-order chi connectivity index (χ1) is 15.2. The zero-order valence-electron chi connectivity index (χ0n) is 16.0. The Bertz CT molecular complexity index is 1410. The maximum Gasteiger partial charge on any atom is 0.242 e. The fourth-order valence-corrected chi connectivity index (χ4v) is 4.79. The molecule has 8 nitrogen and oxygen atoms in total. The van der Waals surface area contributed by atoms with Gasteiger partial charge in [-0.3, -0.25) is 0 Å². The van der Waals surface area contributed by atoms with Gasteiger partial charge in [0.25, 0.3) is 0 Å². The third kappa shape index (κ3) is 4.79. The Hall–Kier alpha value is -2.50. The second kappa shape index (κ2) is 9.16. The number of aromatic nitrogens is 4. The van der Waals surface area contributed by atoms with E-state index < -0.39 is 15.8 Å². The van der Waals surface area contributed by atoms with Crippen molar-refractivity contribution in [2.24, 2.45) is 0 Å². The Morgan fingerprint density at radius 2 is 1.78 bits per heavy atom. The summed E-state index contributed by atoms with van der Waals surface area (Å²) in [6.45, 7) is -0.105. The number of rotatable bonds is 7. The van der Waals surface area contributed by atoms with Gasteiger partial charge in [-0.2, -0.15) is 4.52 Å². The van der Waals surface area contributed by atoms with Crippen molar-refractivity contribution in [3.05, 3.63) is 69.4 Å². The van der Waals surface area contributed by atoms with Gasteiger partial charge in [0.1, 0.15) is 17.3 Å². The lowest BCUT2D eigenvalue weighted by Gasteiger charge is -2.10. The highest BCUT2D eigenvalue weighted by Gasteiger charge is 2.19. The molecule has 4 rings (SSSR count). The van der Waals surface area contributed by atoms with Crippen LogP contribution in [0.25, 0.3) is 17.0 Å². The molecule has 0 radical (unpaired) electrons. The van der Waals surface area contributed by atoms with Crippen LogP contribution in [0.4, 0.5) is 4.39 Å². The van der Waals surface area contributed by atoms with Gasteiger partial charge in [-0.05, 0) is 30.3 Å². The third-order valence-electron chi connectivity index (χ3n) is 4.23. The Kier molecular flexibility index (Phi) is 6.50. The van der Waals surface area contributed by atoms with Crippen LogP contribution in [0.1, 0.15) is 0 Å². The average molecular weight is 517 g/mol. The van der Waals surface area contributed by atoms with Gasteiger partial charge in [-0.25, -0.2) is 17.5 Å². The molecule has 0 amide bonds. The minimum absolute atomic E-state index is 0.0336. The summed E-state index contributed by atoms with van der Waals surface area (Å²) in [7, 11) is -3.94. The first-order valence-electron chi connectivity index (χ1n) is 9.00. The molecular formula is C19H13Cl3FN5O3S. The monoisotopic (exact) mass is 515 g/mol. The van der Waals surface area contributed by atoms with Crippen molar-refractivity contribution in [3.63, 3.8) is 0 Å². The van der Waals surface area contributed by atoms with Gasteiger partial charge in [-0.1, -0.05) is 46.9 Å². The van der Waals surface area contributed by atoms with E-state index in [2.05, 4.69) is 20.0 Å². The topological polar surface area (TPSA) is 98.5 Å². The molecule has 0 aliphatic carbocycles. The molecule has 13 heteroatoms. The van der Waals surface area contributed by atoms with Crippen molar-refractivity contribution in [2.75, 3.05) is 13.2 Å². The Morgan fingerprint density at radius 3 is 2.56 bits per heavy atom. The predicted octanol–water partition coefficient (Wildman–Crippen LogP) is 4.25. The van der Waals surface area contributed by atoms with Gasteiger partial charge in [0.05, 0.1) is 15.1 Å². The lowest BCUT2D eigenvalue weighted by molar-refractivity contribution is 0.306. The fourth-order valence-electron chi connectivity index (χ4n) is 2.78. The molecule has 1 N–H and O–H groups in total. The van der Waals surface area contributed by atoms with E-state index in [1.165, 1.54) is 28.8 Å². The Labute approximate surface area is 196 Å². The molecule has 0 aliphatic rings. The maximum absolute atomic E-state index is 13.5. The van der Waals surface area contributed by atoms with E-state index in [1.54, 1.807) is 24.3 Å². The standard InChI is InChI=1S/C19H13Cl3FN5O3S/c20-13-9-15(22)16(10-14(13)21)32(29,30)24-6-7-31-18-5-4-17-25-26-19(28(17)27-18)11-2-1-3-12(23)8-11/h1-5,8-10,24H,6-7H2. The van der Waals surface area contributed by atoms with Gasteiger partial charge in [0, 0.05) is 18.2 Å². The quantitative estimate of drug-likeness (QED) is 0.291. The van der Waals surface area contributed by atoms with Crippen molar-refractivity contribution >= 4 is 50.5 Å². The molecule has 0 atom stereocenters. The van der Waals surface area contributed by atoms with Crippen LogP contribution < -0.4 is 9.46 Å². The van der Waals surface area contributed by atoms with Crippen LogP contribution >= 0.6 is 34.8 Å². The van der Waals surface area contributed by atoms with Crippen molar-refractivity contribution in [3.8, 4) is 17.3 Å². The molecule has 0 bridgehead atoms. The molecule has 2 aromatic heterocycles. The summed E-state index contributed by atoms with van der Waals surface area (Å²) in [4.78, 5) is -0.197. The number of fused-ring (bicyclic) bond motifs is 1. The molecule has 2 aromatic carbocycles. The van der Waals surface area contributed by atoms with Gasteiger partial charge < -0.3 is 4.74 Å². The van der Waals surface area contributed by atoms with Gasteiger partial charge in [0.2, 0.25) is 15.9 Å². The van der Waals surface area contributed by atoms with Gasteiger partial charge in [0.15, 0.2) is 11.5 Å². The number of ether oxygens (including phenoxy) is 1. The van der Waals surface area contributed by atoms with E-state index in [4.69, 9.17) is 39.5 Å². The van der Waals surface area contributed by atoms with Gasteiger partial charge >= 0.3 is 0 Å². The third-order valence-corrected chi connectivity index (χ3v) is 6.88. The van der Waals surface area contributed by atoms with Crippen molar-refractivity contribution in [1.82, 2.24) is 24.5 Å². The second-order valence-corrected chi connectivity index (χ2v) is 9.38. The fraction of sp³-hybridized carbons (Fsp3) is 0.105. The number of sulfonamides is 1. The SMILES string of the molecule is O=S(=O)(NCCOc1ccc2nnc(-c3cccc(F)c3)n2n1)c1cc(Cl)c(Cl)cc1Cl. The summed E-state index contributed by atoms with van der Waals surface area (Å²) in [5, 5.41) is 12.5. The van der Waals surface area contributed by atoms with E-state index in [0.29, 0.717) is 17.0 Å². The molecule has 0 saturated carbocycles. The minimum Gasteiger partial charge on any atom is -0.475 e. The molecular weight excluding hydrogens is 504 g/mol. The number of hydrogen-bond donors (Lipinski definition) is 1. The maximum atomic E-state index is 13.5. The molecule has 0 aliphatic heterocycles. The van der Waals surface area contributed by atoms with Gasteiger partial charge in [-0.15, -0.1) is 15.3 Å². The molecule has 0 unspecified atom stereocenters. The van der Waals surface area contributed by atoms with Crippen LogP contribution in [0.3, 0.4) is 0 Å². The van der Waals surface area contributed by atoms with Crippen LogP contribution in [0, 0.1) is 5.82 Å². The summed E-state index contributed by atoms with van der Waals surface area (Å²) in [5.41, 5.74) is 0.931. The van der Waals surface area contributed by atoms with Crippen LogP contribution in [0.15, 0.2) is 53.4 Å². The lowest BCUT2D eigenvalue weighted by Crippen LogP contribution is -2.28.